The Morgan fingerprint density at radius 2 is 2.20 bits per heavy atom. The lowest BCUT2D eigenvalue weighted by Gasteiger charge is -2.29. The van der Waals surface area contributed by atoms with Crippen LogP contribution < -0.4 is 10.1 Å². The summed E-state index contributed by atoms with van der Waals surface area (Å²) in [4.78, 5) is 11.2. The first-order valence-electron chi connectivity index (χ1n) is 7.19. The number of nitrogens with one attached hydrogen (secondary N) is 1. The molecule has 0 unspecified atom stereocenters. The summed E-state index contributed by atoms with van der Waals surface area (Å²) in [6.07, 6.45) is 7.93. The largest absolute Gasteiger partial charge is 0.472 e. The topological polar surface area (TPSA) is 54.7 Å². The van der Waals surface area contributed by atoms with Gasteiger partial charge in [-0.25, -0.2) is 4.98 Å². The Morgan fingerprint density at radius 1 is 1.40 bits per heavy atom. The predicted molar refractivity (Wildman–Crippen MR) is 78.3 cm³/mol. The van der Waals surface area contributed by atoms with E-state index in [1.165, 1.54) is 0 Å². The predicted octanol–water partition coefficient (Wildman–Crippen LogP) is 1.63. The van der Waals surface area contributed by atoms with Gasteiger partial charge < -0.3 is 15.0 Å². The molecule has 0 aromatic carbocycles. The van der Waals surface area contributed by atoms with Gasteiger partial charge in [-0.2, -0.15) is 4.98 Å². The minimum absolute atomic E-state index is 0.232. The minimum Gasteiger partial charge on any atom is -0.472 e. The van der Waals surface area contributed by atoms with Crippen molar-refractivity contribution in [2.45, 2.75) is 25.9 Å². The van der Waals surface area contributed by atoms with Crippen LogP contribution in [0, 0.1) is 0 Å². The van der Waals surface area contributed by atoms with Gasteiger partial charge in [0.05, 0.1) is 6.20 Å². The maximum atomic E-state index is 6.10. The fourth-order valence-corrected chi connectivity index (χ4v) is 2.51. The zero-order chi connectivity index (χ0) is 13.9. The molecule has 0 atom stereocenters. The molecule has 1 aliphatic heterocycles. The Balaban J connectivity index is 1.83. The van der Waals surface area contributed by atoms with Gasteiger partial charge in [-0.1, -0.05) is 0 Å². The van der Waals surface area contributed by atoms with Crippen molar-refractivity contribution in [3.8, 4) is 5.88 Å². The highest BCUT2D eigenvalue weighted by molar-refractivity contribution is 5.53. The molecular weight excluding hydrogens is 254 g/mol. The summed E-state index contributed by atoms with van der Waals surface area (Å²) in [6.45, 7) is 5.03. The number of piperidine rings is 1. The van der Waals surface area contributed by atoms with Crippen molar-refractivity contribution in [3.05, 3.63) is 18.6 Å². The molecule has 3 heterocycles. The molecule has 2 aromatic rings. The Kier molecular flexibility index (Phi) is 3.73. The maximum Gasteiger partial charge on any atom is 0.260 e. The third-order valence-corrected chi connectivity index (χ3v) is 3.65. The standard InChI is InChI=1S/C14H21N5O/c1-3-15-12-10-19-9-6-16-13(19)14(17-12)20-11-4-7-18(2)8-5-11/h6,9-11,15H,3-5,7-8H2,1-2H3. The van der Waals surface area contributed by atoms with Crippen molar-refractivity contribution < 1.29 is 4.74 Å². The molecule has 1 N–H and O–H groups in total. The summed E-state index contributed by atoms with van der Waals surface area (Å²) in [6, 6.07) is 0. The highest BCUT2D eigenvalue weighted by Gasteiger charge is 2.20. The summed E-state index contributed by atoms with van der Waals surface area (Å²) in [5.41, 5.74) is 0.783. The SMILES string of the molecule is CCNc1cn2ccnc2c(OC2CCN(C)CC2)n1. The van der Waals surface area contributed by atoms with Crippen LogP contribution in [0.25, 0.3) is 5.65 Å². The van der Waals surface area contributed by atoms with Crippen LogP contribution >= 0.6 is 0 Å². The summed E-state index contributed by atoms with van der Waals surface area (Å²) in [5.74, 6) is 1.45. The van der Waals surface area contributed by atoms with Gasteiger partial charge >= 0.3 is 0 Å². The van der Waals surface area contributed by atoms with E-state index in [0.717, 1.165) is 43.9 Å². The van der Waals surface area contributed by atoms with Crippen LogP contribution in [0.1, 0.15) is 19.8 Å². The number of nitrogens with zero attached hydrogens (tertiary/aromatic N) is 4. The number of ether oxygens (including phenoxy) is 1. The second-order valence-electron chi connectivity index (χ2n) is 5.24. The van der Waals surface area contributed by atoms with Crippen molar-refractivity contribution in [2.24, 2.45) is 0 Å². The first-order chi connectivity index (χ1) is 9.76. The average Bonchev–Trinajstić information content (AvgIpc) is 2.90. The van der Waals surface area contributed by atoms with Crippen LogP contribution in [-0.4, -0.2) is 52.1 Å². The minimum atomic E-state index is 0.232. The first-order valence-corrected chi connectivity index (χ1v) is 7.19. The zero-order valence-corrected chi connectivity index (χ0v) is 12.0. The van der Waals surface area contributed by atoms with Crippen LogP contribution in [0.15, 0.2) is 18.6 Å². The van der Waals surface area contributed by atoms with Gasteiger partial charge in [0, 0.05) is 32.0 Å². The molecule has 6 heteroatoms. The van der Waals surface area contributed by atoms with E-state index in [0.29, 0.717) is 5.88 Å². The van der Waals surface area contributed by atoms with Gasteiger partial charge in [0.25, 0.3) is 5.88 Å². The average molecular weight is 275 g/mol. The molecule has 0 spiro atoms. The Morgan fingerprint density at radius 3 is 2.95 bits per heavy atom. The van der Waals surface area contributed by atoms with E-state index in [4.69, 9.17) is 4.74 Å². The van der Waals surface area contributed by atoms with Crippen LogP contribution in [-0.2, 0) is 0 Å². The quantitative estimate of drug-likeness (QED) is 0.919. The number of hydrogen-bond acceptors (Lipinski definition) is 5. The number of fused-ring (bicyclic) bond motifs is 1. The molecular formula is C14H21N5O. The monoisotopic (exact) mass is 275 g/mol. The highest BCUT2D eigenvalue weighted by Crippen LogP contribution is 2.22. The van der Waals surface area contributed by atoms with E-state index >= 15 is 0 Å². The summed E-state index contributed by atoms with van der Waals surface area (Å²) in [7, 11) is 2.15. The number of anilines is 1. The van der Waals surface area contributed by atoms with Crippen molar-refractivity contribution in [1.82, 2.24) is 19.3 Å². The lowest BCUT2D eigenvalue weighted by atomic mass is 10.1. The van der Waals surface area contributed by atoms with E-state index in [2.05, 4.69) is 34.2 Å². The number of aromatic nitrogens is 3. The second-order valence-corrected chi connectivity index (χ2v) is 5.24. The van der Waals surface area contributed by atoms with Gasteiger partial charge in [-0.3, -0.25) is 4.40 Å². The van der Waals surface area contributed by atoms with Crippen LogP contribution in [0.3, 0.4) is 0 Å². The summed E-state index contributed by atoms with van der Waals surface area (Å²) < 4.78 is 8.05. The van der Waals surface area contributed by atoms with Crippen molar-refractivity contribution >= 4 is 11.5 Å². The molecule has 0 bridgehead atoms. The van der Waals surface area contributed by atoms with E-state index in [-0.39, 0.29) is 6.10 Å². The van der Waals surface area contributed by atoms with Crippen molar-refractivity contribution in [1.29, 1.82) is 0 Å². The molecule has 0 aliphatic carbocycles. The van der Waals surface area contributed by atoms with E-state index in [9.17, 15) is 0 Å². The molecule has 20 heavy (non-hydrogen) atoms. The summed E-state index contributed by atoms with van der Waals surface area (Å²) in [5, 5.41) is 3.23. The molecule has 6 nitrogen and oxygen atoms in total. The van der Waals surface area contributed by atoms with Crippen molar-refractivity contribution in [2.75, 3.05) is 32.0 Å². The van der Waals surface area contributed by atoms with Crippen molar-refractivity contribution in [3.63, 3.8) is 0 Å². The van der Waals surface area contributed by atoms with E-state index in [1.54, 1.807) is 6.20 Å². The molecule has 108 valence electrons. The number of likely N-dealkylation sites (tertiary alicyclic amines) is 1. The highest BCUT2D eigenvalue weighted by atomic mass is 16.5. The maximum absolute atomic E-state index is 6.10. The molecule has 2 aromatic heterocycles. The second kappa shape index (κ2) is 5.66. The number of imidazole rings is 1. The third-order valence-electron chi connectivity index (χ3n) is 3.65. The van der Waals surface area contributed by atoms with Gasteiger partial charge in [0.15, 0.2) is 0 Å². The summed E-state index contributed by atoms with van der Waals surface area (Å²) >= 11 is 0. The van der Waals surface area contributed by atoms with Gasteiger partial charge in [-0.15, -0.1) is 0 Å². The van der Waals surface area contributed by atoms with E-state index in [1.807, 2.05) is 16.8 Å². The Bertz CT molecular complexity index is 574. The lowest BCUT2D eigenvalue weighted by molar-refractivity contribution is 0.111. The molecule has 0 amide bonds. The Labute approximate surface area is 118 Å². The lowest BCUT2D eigenvalue weighted by Crippen LogP contribution is -2.35. The third kappa shape index (κ3) is 2.70. The van der Waals surface area contributed by atoms with E-state index < -0.39 is 0 Å². The molecule has 1 aliphatic rings. The first kappa shape index (κ1) is 13.2. The zero-order valence-electron chi connectivity index (χ0n) is 12.0. The fraction of sp³-hybridized carbons (Fsp3) is 0.571. The number of hydrogen-bond donors (Lipinski definition) is 1. The molecule has 3 rings (SSSR count). The van der Waals surface area contributed by atoms with Gasteiger partial charge in [0.1, 0.15) is 11.9 Å². The Hall–Kier alpha value is -1.82. The molecule has 1 saturated heterocycles. The normalized spacial score (nSPS) is 17.5. The molecule has 1 fully saturated rings. The van der Waals surface area contributed by atoms with Crippen LogP contribution in [0.2, 0.25) is 0 Å². The van der Waals surface area contributed by atoms with Gasteiger partial charge in [-0.05, 0) is 26.8 Å². The molecule has 0 saturated carbocycles. The van der Waals surface area contributed by atoms with Gasteiger partial charge in [0.2, 0.25) is 5.65 Å². The van der Waals surface area contributed by atoms with Crippen LogP contribution in [0.5, 0.6) is 5.88 Å². The molecule has 0 radical (unpaired) electrons. The number of rotatable bonds is 4. The van der Waals surface area contributed by atoms with Crippen LogP contribution in [0.4, 0.5) is 5.82 Å². The smallest absolute Gasteiger partial charge is 0.260 e. The fourth-order valence-electron chi connectivity index (χ4n) is 2.51.